The maximum atomic E-state index is 12.8. The number of benzene rings is 1. The van der Waals surface area contributed by atoms with Crippen LogP contribution >= 0.6 is 0 Å². The van der Waals surface area contributed by atoms with Crippen LogP contribution in [0.25, 0.3) is 0 Å². The Morgan fingerprint density at radius 3 is 2.75 bits per heavy atom. The molecule has 0 aliphatic carbocycles. The molecule has 1 aromatic heterocycles. The van der Waals surface area contributed by atoms with Gasteiger partial charge in [-0.2, -0.15) is 0 Å². The molecule has 4 heteroatoms. The average molecular weight is 271 g/mol. The number of nitrogens with one attached hydrogen (secondary N) is 2. The molecule has 0 atom stereocenters. The van der Waals surface area contributed by atoms with E-state index in [2.05, 4.69) is 33.8 Å². The highest BCUT2D eigenvalue weighted by atomic mass is 19.1. The summed E-state index contributed by atoms with van der Waals surface area (Å²) in [6.07, 6.45) is 3.58. The van der Waals surface area contributed by atoms with Gasteiger partial charge >= 0.3 is 0 Å². The van der Waals surface area contributed by atoms with Gasteiger partial charge in [0.1, 0.15) is 11.6 Å². The van der Waals surface area contributed by atoms with Crippen molar-refractivity contribution in [2.45, 2.75) is 18.8 Å². The molecule has 1 aromatic carbocycles. The summed E-state index contributed by atoms with van der Waals surface area (Å²) in [5.41, 5.74) is 2.36. The smallest absolute Gasteiger partial charge is 0.141 e. The molecule has 104 valence electrons. The van der Waals surface area contributed by atoms with Gasteiger partial charge in [-0.15, -0.1) is 0 Å². The number of nitrogens with zero attached hydrogens (tertiary/aromatic N) is 1. The van der Waals surface area contributed by atoms with Crippen LogP contribution in [-0.2, 0) is 0 Å². The van der Waals surface area contributed by atoms with E-state index in [0.29, 0.717) is 11.7 Å². The zero-order valence-electron chi connectivity index (χ0n) is 11.3. The van der Waals surface area contributed by atoms with Crippen LogP contribution < -0.4 is 10.6 Å². The van der Waals surface area contributed by atoms with Gasteiger partial charge in [0.15, 0.2) is 0 Å². The fraction of sp³-hybridized carbons (Fsp3) is 0.312. The Hall–Kier alpha value is -1.94. The molecule has 2 heterocycles. The van der Waals surface area contributed by atoms with Crippen molar-refractivity contribution in [1.82, 2.24) is 10.3 Å². The van der Waals surface area contributed by atoms with E-state index in [4.69, 9.17) is 0 Å². The lowest BCUT2D eigenvalue weighted by molar-refractivity contribution is 0.460. The third-order valence-electron chi connectivity index (χ3n) is 3.70. The first-order valence-electron chi connectivity index (χ1n) is 7.00. The van der Waals surface area contributed by atoms with Crippen LogP contribution in [0.3, 0.4) is 0 Å². The predicted octanol–water partition coefficient (Wildman–Crippen LogP) is 3.43. The van der Waals surface area contributed by atoms with Gasteiger partial charge in [0.25, 0.3) is 0 Å². The van der Waals surface area contributed by atoms with E-state index in [1.54, 1.807) is 6.07 Å². The van der Waals surface area contributed by atoms with E-state index in [1.807, 2.05) is 6.07 Å². The standard InChI is InChI=1S/C16H18FN3/c17-14-4-5-16(19-11-14)20-15-3-1-2-13(10-15)12-6-8-18-9-7-12/h1-5,10-12,18H,6-9H2,(H,19,20). The molecule has 0 unspecified atom stereocenters. The van der Waals surface area contributed by atoms with Crippen molar-refractivity contribution in [1.29, 1.82) is 0 Å². The van der Waals surface area contributed by atoms with E-state index in [-0.39, 0.29) is 5.82 Å². The second-order valence-corrected chi connectivity index (χ2v) is 5.14. The fourth-order valence-electron chi connectivity index (χ4n) is 2.62. The van der Waals surface area contributed by atoms with Gasteiger partial charge in [0.05, 0.1) is 6.20 Å². The normalized spacial score (nSPS) is 16.1. The number of aromatic nitrogens is 1. The third-order valence-corrected chi connectivity index (χ3v) is 3.70. The molecule has 3 nitrogen and oxygen atoms in total. The number of halogens is 1. The van der Waals surface area contributed by atoms with Crippen LogP contribution in [0, 0.1) is 5.82 Å². The summed E-state index contributed by atoms with van der Waals surface area (Å²) in [5, 5.41) is 6.60. The first-order valence-corrected chi connectivity index (χ1v) is 7.00. The summed E-state index contributed by atoms with van der Waals surface area (Å²) >= 11 is 0. The Bertz CT molecular complexity index is 562. The summed E-state index contributed by atoms with van der Waals surface area (Å²) in [4.78, 5) is 4.02. The third kappa shape index (κ3) is 3.14. The van der Waals surface area contributed by atoms with Crippen LogP contribution in [0.2, 0.25) is 0 Å². The quantitative estimate of drug-likeness (QED) is 0.898. The maximum absolute atomic E-state index is 12.8. The maximum Gasteiger partial charge on any atom is 0.141 e. The van der Waals surface area contributed by atoms with Crippen molar-refractivity contribution in [3.63, 3.8) is 0 Å². The first kappa shape index (κ1) is 13.1. The molecule has 2 N–H and O–H groups in total. The summed E-state index contributed by atoms with van der Waals surface area (Å²) in [7, 11) is 0. The number of pyridine rings is 1. The Labute approximate surface area is 118 Å². The highest BCUT2D eigenvalue weighted by Crippen LogP contribution is 2.27. The molecule has 1 aliphatic heterocycles. The van der Waals surface area contributed by atoms with Crippen LogP contribution in [0.4, 0.5) is 15.9 Å². The summed E-state index contributed by atoms with van der Waals surface area (Å²) in [5.74, 6) is 0.965. The summed E-state index contributed by atoms with van der Waals surface area (Å²) < 4.78 is 12.8. The highest BCUT2D eigenvalue weighted by molar-refractivity contribution is 5.57. The van der Waals surface area contributed by atoms with Gasteiger partial charge in [-0.25, -0.2) is 9.37 Å². The van der Waals surface area contributed by atoms with Crippen LogP contribution in [0.15, 0.2) is 42.6 Å². The second-order valence-electron chi connectivity index (χ2n) is 5.14. The fourth-order valence-corrected chi connectivity index (χ4v) is 2.62. The number of piperidine rings is 1. The van der Waals surface area contributed by atoms with Gasteiger partial charge in [-0.05, 0) is 61.7 Å². The lowest BCUT2D eigenvalue weighted by atomic mass is 9.90. The van der Waals surface area contributed by atoms with Gasteiger partial charge in [0.2, 0.25) is 0 Å². The second kappa shape index (κ2) is 6.01. The monoisotopic (exact) mass is 271 g/mol. The summed E-state index contributed by atoms with van der Waals surface area (Å²) in [6, 6.07) is 11.5. The predicted molar refractivity (Wildman–Crippen MR) is 78.8 cm³/mol. The molecule has 0 bridgehead atoms. The van der Waals surface area contributed by atoms with E-state index in [0.717, 1.165) is 18.8 Å². The minimum absolute atomic E-state index is 0.320. The molecule has 0 spiro atoms. The van der Waals surface area contributed by atoms with Gasteiger partial charge in [-0.1, -0.05) is 12.1 Å². The molecule has 1 fully saturated rings. The Morgan fingerprint density at radius 2 is 2.00 bits per heavy atom. The van der Waals surface area contributed by atoms with Crippen molar-refractivity contribution in [2.24, 2.45) is 0 Å². The Morgan fingerprint density at radius 1 is 1.15 bits per heavy atom. The Kier molecular flexibility index (Phi) is 3.92. The highest BCUT2D eigenvalue weighted by Gasteiger charge is 2.15. The van der Waals surface area contributed by atoms with Crippen molar-refractivity contribution in [3.8, 4) is 0 Å². The minimum atomic E-state index is -0.320. The largest absolute Gasteiger partial charge is 0.340 e. The van der Waals surface area contributed by atoms with Crippen molar-refractivity contribution < 1.29 is 4.39 Å². The molecule has 1 saturated heterocycles. The van der Waals surface area contributed by atoms with Crippen LogP contribution in [-0.4, -0.2) is 18.1 Å². The zero-order chi connectivity index (χ0) is 13.8. The van der Waals surface area contributed by atoms with Gasteiger partial charge in [-0.3, -0.25) is 0 Å². The molecule has 0 amide bonds. The average Bonchev–Trinajstić information content (AvgIpc) is 2.51. The molecule has 3 rings (SSSR count). The van der Waals surface area contributed by atoms with Crippen molar-refractivity contribution >= 4 is 11.5 Å². The van der Waals surface area contributed by atoms with E-state index in [1.165, 1.54) is 30.7 Å². The molecule has 20 heavy (non-hydrogen) atoms. The van der Waals surface area contributed by atoms with Gasteiger partial charge < -0.3 is 10.6 Å². The topological polar surface area (TPSA) is 37.0 Å². The number of rotatable bonds is 3. The molecule has 0 saturated carbocycles. The van der Waals surface area contributed by atoms with E-state index >= 15 is 0 Å². The van der Waals surface area contributed by atoms with E-state index < -0.39 is 0 Å². The lowest BCUT2D eigenvalue weighted by Crippen LogP contribution is -2.26. The molecule has 0 radical (unpaired) electrons. The first-order chi connectivity index (χ1) is 9.81. The Balaban J connectivity index is 1.75. The minimum Gasteiger partial charge on any atom is -0.340 e. The SMILES string of the molecule is Fc1ccc(Nc2cccc(C3CCNCC3)c2)nc1. The summed E-state index contributed by atoms with van der Waals surface area (Å²) in [6.45, 7) is 2.17. The number of hydrogen-bond acceptors (Lipinski definition) is 3. The van der Waals surface area contributed by atoms with E-state index in [9.17, 15) is 4.39 Å². The van der Waals surface area contributed by atoms with Crippen molar-refractivity contribution in [2.75, 3.05) is 18.4 Å². The van der Waals surface area contributed by atoms with Gasteiger partial charge in [0, 0.05) is 5.69 Å². The van der Waals surface area contributed by atoms with Crippen molar-refractivity contribution in [3.05, 3.63) is 54.0 Å². The molecule has 2 aromatic rings. The molecular weight excluding hydrogens is 253 g/mol. The van der Waals surface area contributed by atoms with Crippen LogP contribution in [0.1, 0.15) is 24.3 Å². The number of hydrogen-bond donors (Lipinski definition) is 2. The molecule has 1 aliphatic rings. The zero-order valence-corrected chi connectivity index (χ0v) is 11.3. The number of anilines is 2. The lowest BCUT2D eigenvalue weighted by Gasteiger charge is -2.23. The molecular formula is C16H18FN3. The van der Waals surface area contributed by atoms with Crippen LogP contribution in [0.5, 0.6) is 0 Å².